The molecule has 0 aliphatic heterocycles. The van der Waals surface area contributed by atoms with Gasteiger partial charge in [-0.1, -0.05) is 6.92 Å². The summed E-state index contributed by atoms with van der Waals surface area (Å²) >= 11 is 0. The summed E-state index contributed by atoms with van der Waals surface area (Å²) in [7, 11) is 0. The number of aliphatic hydroxyl groups is 1. The lowest BCUT2D eigenvalue weighted by molar-refractivity contribution is -0.395. The topological polar surface area (TPSA) is 116 Å². The smallest absolute Gasteiger partial charge is 0.317 e. The van der Waals surface area contributed by atoms with Gasteiger partial charge in [-0.25, -0.2) is 0 Å². The van der Waals surface area contributed by atoms with Crippen LogP contribution in [0.4, 0.5) is 11.4 Å². The van der Waals surface area contributed by atoms with E-state index in [-0.39, 0.29) is 12.2 Å². The molecule has 8 nitrogen and oxygen atoms in total. The summed E-state index contributed by atoms with van der Waals surface area (Å²) in [5.41, 5.74) is -0.957. The number of benzene rings is 1. The summed E-state index contributed by atoms with van der Waals surface area (Å²) in [5, 5.41) is 30.4. The summed E-state index contributed by atoms with van der Waals surface area (Å²) in [4.78, 5) is 19.6. The largest absolute Gasteiger partial charge is 0.458 e. The van der Waals surface area contributed by atoms with Crippen LogP contribution in [-0.4, -0.2) is 21.2 Å². The Kier molecular flexibility index (Phi) is 3.94. The van der Waals surface area contributed by atoms with E-state index in [2.05, 4.69) is 0 Å². The number of nitro benzene ring substituents is 2. The van der Waals surface area contributed by atoms with Crippen LogP contribution in [0.1, 0.15) is 13.3 Å². The van der Waals surface area contributed by atoms with Crippen molar-refractivity contribution in [2.24, 2.45) is 0 Å². The molecule has 0 aliphatic rings. The number of ether oxygens (including phenoxy) is 1. The van der Waals surface area contributed by atoms with Gasteiger partial charge in [-0.05, 0) is 6.07 Å². The van der Waals surface area contributed by atoms with Gasteiger partial charge >= 0.3 is 5.69 Å². The number of aliphatic hydroxyl groups excluding tert-OH is 1. The molecule has 0 radical (unpaired) electrons. The maximum absolute atomic E-state index is 10.7. The Labute approximate surface area is 95.7 Å². The fourth-order valence-electron chi connectivity index (χ4n) is 1.09. The molecule has 1 N–H and O–H groups in total. The molecule has 1 atom stereocenters. The van der Waals surface area contributed by atoms with E-state index in [0.717, 1.165) is 18.2 Å². The van der Waals surface area contributed by atoms with Crippen molar-refractivity contribution in [1.29, 1.82) is 0 Å². The Hall–Kier alpha value is -2.22. The average Bonchev–Trinajstić information content (AvgIpc) is 2.28. The summed E-state index contributed by atoms with van der Waals surface area (Å²) in [6.45, 7) is 1.63. The van der Waals surface area contributed by atoms with E-state index >= 15 is 0 Å². The second-order valence-corrected chi connectivity index (χ2v) is 3.15. The molecular weight excluding hydrogens is 232 g/mol. The fourth-order valence-corrected chi connectivity index (χ4v) is 1.09. The minimum Gasteiger partial charge on any atom is -0.458 e. The zero-order valence-electron chi connectivity index (χ0n) is 8.90. The predicted octanol–water partition coefficient (Wildman–Crippen LogP) is 1.61. The summed E-state index contributed by atoms with van der Waals surface area (Å²) in [5.74, 6) is -0.199. The molecule has 1 rings (SSSR count). The summed E-state index contributed by atoms with van der Waals surface area (Å²) < 4.78 is 4.88. The maximum atomic E-state index is 10.7. The highest BCUT2D eigenvalue weighted by atomic mass is 16.6. The van der Waals surface area contributed by atoms with E-state index in [0.29, 0.717) is 0 Å². The molecule has 0 saturated carbocycles. The minimum absolute atomic E-state index is 0.199. The molecule has 1 aromatic rings. The van der Waals surface area contributed by atoms with Crippen LogP contribution >= 0.6 is 0 Å². The Morgan fingerprint density at radius 1 is 1.35 bits per heavy atom. The maximum Gasteiger partial charge on any atom is 0.317 e. The molecular formula is C9H10N2O6. The van der Waals surface area contributed by atoms with E-state index in [4.69, 9.17) is 4.74 Å². The second kappa shape index (κ2) is 5.21. The number of hydrogen-bond acceptors (Lipinski definition) is 6. The lowest BCUT2D eigenvalue weighted by Crippen LogP contribution is -2.14. The first-order chi connectivity index (χ1) is 7.95. The van der Waals surface area contributed by atoms with Gasteiger partial charge in [0, 0.05) is 12.5 Å². The molecule has 0 heterocycles. The lowest BCUT2D eigenvalue weighted by Gasteiger charge is -2.10. The first-order valence-corrected chi connectivity index (χ1v) is 4.73. The van der Waals surface area contributed by atoms with Crippen LogP contribution < -0.4 is 4.74 Å². The second-order valence-electron chi connectivity index (χ2n) is 3.15. The molecule has 1 aromatic carbocycles. The molecule has 17 heavy (non-hydrogen) atoms. The van der Waals surface area contributed by atoms with Crippen molar-refractivity contribution in [3.63, 3.8) is 0 Å². The van der Waals surface area contributed by atoms with Gasteiger partial charge in [-0.15, -0.1) is 0 Å². The van der Waals surface area contributed by atoms with Crippen molar-refractivity contribution in [3.05, 3.63) is 38.4 Å². The third kappa shape index (κ3) is 3.11. The zero-order chi connectivity index (χ0) is 13.0. The first kappa shape index (κ1) is 12.8. The number of hydrogen-bond donors (Lipinski definition) is 1. The lowest BCUT2D eigenvalue weighted by atomic mass is 10.2. The Bertz CT molecular complexity index is 447. The molecule has 92 valence electrons. The zero-order valence-corrected chi connectivity index (χ0v) is 8.90. The molecule has 0 spiro atoms. The van der Waals surface area contributed by atoms with Crippen molar-refractivity contribution < 1.29 is 19.7 Å². The van der Waals surface area contributed by atoms with Crippen molar-refractivity contribution in [3.8, 4) is 5.75 Å². The van der Waals surface area contributed by atoms with E-state index in [1.54, 1.807) is 6.92 Å². The molecule has 0 fully saturated rings. The monoisotopic (exact) mass is 242 g/mol. The number of non-ortho nitro benzene ring substituents is 1. The van der Waals surface area contributed by atoms with Crippen LogP contribution in [0, 0.1) is 20.2 Å². The van der Waals surface area contributed by atoms with Gasteiger partial charge in [-0.2, -0.15) is 0 Å². The number of nitro groups is 2. The normalized spacial score (nSPS) is 11.9. The van der Waals surface area contributed by atoms with Crippen molar-refractivity contribution >= 4 is 11.4 Å². The van der Waals surface area contributed by atoms with Crippen LogP contribution in [0.5, 0.6) is 5.75 Å². The van der Waals surface area contributed by atoms with Crippen molar-refractivity contribution in [2.45, 2.75) is 19.6 Å². The molecule has 0 aromatic heterocycles. The average molecular weight is 242 g/mol. The number of nitrogens with zero attached hydrogens (tertiary/aromatic N) is 2. The van der Waals surface area contributed by atoms with Gasteiger partial charge in [0.1, 0.15) is 0 Å². The molecule has 0 saturated heterocycles. The van der Waals surface area contributed by atoms with Gasteiger partial charge < -0.3 is 9.84 Å². The minimum atomic E-state index is -1.19. The standard InChI is InChI=1S/C9H10N2O6/c1-2-9(12)17-8-4-3-6(10(13)14)5-7(8)11(15)16/h3-5,9,12H,2H2,1H3. The fraction of sp³-hybridized carbons (Fsp3) is 0.333. The van der Waals surface area contributed by atoms with Crippen molar-refractivity contribution in [1.82, 2.24) is 0 Å². The van der Waals surface area contributed by atoms with Gasteiger partial charge in [0.15, 0.2) is 6.29 Å². The molecule has 0 bridgehead atoms. The Balaban J connectivity index is 3.13. The highest BCUT2D eigenvalue weighted by Gasteiger charge is 2.21. The van der Waals surface area contributed by atoms with Gasteiger partial charge in [-0.3, -0.25) is 20.2 Å². The van der Waals surface area contributed by atoms with E-state index in [1.165, 1.54) is 0 Å². The van der Waals surface area contributed by atoms with Gasteiger partial charge in [0.2, 0.25) is 5.75 Å². The Morgan fingerprint density at radius 3 is 2.47 bits per heavy atom. The molecule has 0 amide bonds. The van der Waals surface area contributed by atoms with Crippen LogP contribution in [0.15, 0.2) is 18.2 Å². The third-order valence-corrected chi connectivity index (χ3v) is 1.96. The predicted molar refractivity (Wildman–Crippen MR) is 56.7 cm³/mol. The highest BCUT2D eigenvalue weighted by Crippen LogP contribution is 2.31. The van der Waals surface area contributed by atoms with Crippen LogP contribution in [0.3, 0.4) is 0 Å². The van der Waals surface area contributed by atoms with E-state index in [1.807, 2.05) is 0 Å². The quantitative estimate of drug-likeness (QED) is 0.476. The van der Waals surface area contributed by atoms with Gasteiger partial charge in [0.25, 0.3) is 5.69 Å². The molecule has 0 aliphatic carbocycles. The van der Waals surface area contributed by atoms with Crippen LogP contribution in [0.25, 0.3) is 0 Å². The molecule has 8 heteroatoms. The first-order valence-electron chi connectivity index (χ1n) is 4.73. The van der Waals surface area contributed by atoms with Crippen LogP contribution in [-0.2, 0) is 0 Å². The van der Waals surface area contributed by atoms with E-state index < -0.39 is 27.5 Å². The SMILES string of the molecule is CCC(O)Oc1ccc([N+](=O)[O-])cc1[N+](=O)[O-]. The Morgan fingerprint density at radius 2 is 2.00 bits per heavy atom. The summed E-state index contributed by atoms with van der Waals surface area (Å²) in [6, 6.07) is 2.96. The molecule has 1 unspecified atom stereocenters. The highest BCUT2D eigenvalue weighted by molar-refractivity contribution is 5.53. The summed E-state index contributed by atoms with van der Waals surface area (Å²) in [6.07, 6.45) is -0.941. The third-order valence-electron chi connectivity index (χ3n) is 1.96. The van der Waals surface area contributed by atoms with Gasteiger partial charge in [0.05, 0.1) is 15.9 Å². The van der Waals surface area contributed by atoms with Crippen LogP contribution in [0.2, 0.25) is 0 Å². The van der Waals surface area contributed by atoms with Crippen molar-refractivity contribution in [2.75, 3.05) is 0 Å². The number of rotatable bonds is 5. The van der Waals surface area contributed by atoms with E-state index in [9.17, 15) is 25.3 Å².